The van der Waals surface area contributed by atoms with Crippen molar-refractivity contribution in [2.45, 2.75) is 4.90 Å². The van der Waals surface area contributed by atoms with Crippen LogP contribution in [0.25, 0.3) is 10.8 Å². The van der Waals surface area contributed by atoms with Crippen molar-refractivity contribution in [3.8, 4) is 0 Å². The van der Waals surface area contributed by atoms with Crippen molar-refractivity contribution >= 4 is 54.0 Å². The van der Waals surface area contributed by atoms with Crippen molar-refractivity contribution < 1.29 is 13.2 Å². The Bertz CT molecular complexity index is 1130. The lowest BCUT2D eigenvalue weighted by Crippen LogP contribution is -2.20. The molecule has 3 aromatic rings. The second kappa shape index (κ2) is 5.57. The Balaban J connectivity index is 1.88. The van der Waals surface area contributed by atoms with Gasteiger partial charge in [0.1, 0.15) is 0 Å². The van der Waals surface area contributed by atoms with Gasteiger partial charge >= 0.3 is 0 Å². The summed E-state index contributed by atoms with van der Waals surface area (Å²) >= 11 is 3.32. The molecule has 5 nitrogen and oxygen atoms in total. The van der Waals surface area contributed by atoms with Crippen molar-refractivity contribution in [2.24, 2.45) is 0 Å². The smallest absolute Gasteiger partial charge is 0.262 e. The van der Waals surface area contributed by atoms with Gasteiger partial charge in [-0.1, -0.05) is 28.1 Å². The van der Waals surface area contributed by atoms with E-state index in [0.29, 0.717) is 22.0 Å². The van der Waals surface area contributed by atoms with Crippen LogP contribution >= 0.6 is 15.9 Å². The number of benzene rings is 3. The molecule has 3 aromatic carbocycles. The summed E-state index contributed by atoms with van der Waals surface area (Å²) in [5, 5.41) is 1.21. The standard InChI is InChI=1S/C18H13BrN2O3S/c1-21-15-9-10-16(13-3-2-4-14(17(13)15)18(21)22)25(23,24)20-12-7-5-11(19)6-8-12/h2-10,20H,1H3. The first-order chi connectivity index (χ1) is 11.9. The molecule has 1 heterocycles. The lowest BCUT2D eigenvalue weighted by atomic mass is 10.1. The number of hydrogen-bond donors (Lipinski definition) is 1. The third kappa shape index (κ3) is 2.51. The van der Waals surface area contributed by atoms with Crippen molar-refractivity contribution in [1.82, 2.24) is 0 Å². The van der Waals surface area contributed by atoms with E-state index in [1.807, 2.05) is 0 Å². The van der Waals surface area contributed by atoms with Gasteiger partial charge in [0.15, 0.2) is 0 Å². The SMILES string of the molecule is CN1C(=O)c2cccc3c(S(=O)(=O)Nc4ccc(Br)cc4)ccc1c23. The Morgan fingerprint density at radius 3 is 2.44 bits per heavy atom. The largest absolute Gasteiger partial charge is 0.311 e. The molecule has 0 saturated carbocycles. The first-order valence-electron chi connectivity index (χ1n) is 7.51. The summed E-state index contributed by atoms with van der Waals surface area (Å²) in [4.78, 5) is 14.0. The summed E-state index contributed by atoms with van der Waals surface area (Å²) in [6, 6.07) is 15.2. The van der Waals surface area contributed by atoms with Gasteiger partial charge < -0.3 is 4.90 Å². The highest BCUT2D eigenvalue weighted by Gasteiger charge is 2.30. The molecular formula is C18H13BrN2O3S. The molecule has 1 N–H and O–H groups in total. The van der Waals surface area contributed by atoms with Crippen molar-refractivity contribution in [3.63, 3.8) is 0 Å². The van der Waals surface area contributed by atoms with Crippen molar-refractivity contribution in [2.75, 3.05) is 16.7 Å². The Morgan fingerprint density at radius 1 is 1.00 bits per heavy atom. The first-order valence-corrected chi connectivity index (χ1v) is 9.78. The van der Waals surface area contributed by atoms with Crippen LogP contribution in [0, 0.1) is 0 Å². The van der Waals surface area contributed by atoms with Gasteiger partial charge in [0.05, 0.1) is 10.6 Å². The van der Waals surface area contributed by atoms with E-state index in [0.717, 1.165) is 10.2 Å². The van der Waals surface area contributed by atoms with E-state index in [1.165, 1.54) is 11.0 Å². The van der Waals surface area contributed by atoms with Gasteiger partial charge in [-0.3, -0.25) is 9.52 Å². The Labute approximate surface area is 153 Å². The topological polar surface area (TPSA) is 66.5 Å². The minimum absolute atomic E-state index is 0.129. The van der Waals surface area contributed by atoms with E-state index in [-0.39, 0.29) is 10.8 Å². The Hall–Kier alpha value is -2.38. The number of hydrogen-bond acceptors (Lipinski definition) is 3. The third-order valence-corrected chi connectivity index (χ3v) is 6.23. The number of nitrogens with one attached hydrogen (secondary N) is 1. The van der Waals surface area contributed by atoms with Crippen LogP contribution < -0.4 is 9.62 Å². The molecule has 1 amide bonds. The van der Waals surface area contributed by atoms with E-state index in [4.69, 9.17) is 0 Å². The molecule has 0 radical (unpaired) electrons. The van der Waals surface area contributed by atoms with Crippen LogP contribution in [-0.4, -0.2) is 21.4 Å². The van der Waals surface area contributed by atoms with E-state index in [1.54, 1.807) is 55.6 Å². The molecule has 0 aliphatic carbocycles. The molecule has 0 bridgehead atoms. The average molecular weight is 417 g/mol. The quantitative estimate of drug-likeness (QED) is 0.701. The average Bonchev–Trinajstić information content (AvgIpc) is 2.84. The molecule has 7 heteroatoms. The Kier molecular flexibility index (Phi) is 3.59. The van der Waals surface area contributed by atoms with Gasteiger partial charge in [-0.25, -0.2) is 8.42 Å². The second-order valence-corrected chi connectivity index (χ2v) is 8.35. The van der Waals surface area contributed by atoms with Crippen LogP contribution in [0.1, 0.15) is 10.4 Å². The molecule has 0 saturated heterocycles. The maximum Gasteiger partial charge on any atom is 0.262 e. The number of carbonyl (C=O) groups is 1. The third-order valence-electron chi connectivity index (χ3n) is 4.26. The predicted octanol–water partition coefficient (Wildman–Crippen LogP) is 3.99. The molecule has 0 fully saturated rings. The van der Waals surface area contributed by atoms with Crippen LogP contribution in [0.2, 0.25) is 0 Å². The molecule has 0 spiro atoms. The van der Waals surface area contributed by atoms with Crippen LogP contribution in [-0.2, 0) is 10.0 Å². The number of anilines is 2. The zero-order chi connectivity index (χ0) is 17.8. The predicted molar refractivity (Wildman–Crippen MR) is 102 cm³/mol. The molecule has 25 heavy (non-hydrogen) atoms. The molecule has 0 aromatic heterocycles. The van der Waals surface area contributed by atoms with Crippen LogP contribution in [0.5, 0.6) is 0 Å². The summed E-state index contributed by atoms with van der Waals surface area (Å²) in [6.45, 7) is 0. The van der Waals surface area contributed by atoms with Crippen molar-refractivity contribution in [3.05, 3.63) is 64.6 Å². The zero-order valence-electron chi connectivity index (χ0n) is 13.2. The summed E-state index contributed by atoms with van der Waals surface area (Å²) in [5.74, 6) is -0.129. The normalized spacial score (nSPS) is 13.5. The minimum Gasteiger partial charge on any atom is -0.311 e. The number of carbonyl (C=O) groups excluding carboxylic acids is 1. The van der Waals surface area contributed by atoms with Crippen LogP contribution in [0.15, 0.2) is 64.0 Å². The number of nitrogens with zero attached hydrogens (tertiary/aromatic N) is 1. The van der Waals surface area contributed by atoms with Gasteiger partial charge in [0.25, 0.3) is 15.9 Å². The highest BCUT2D eigenvalue weighted by Crippen LogP contribution is 2.39. The van der Waals surface area contributed by atoms with Gasteiger partial charge in [-0.05, 0) is 42.5 Å². The summed E-state index contributed by atoms with van der Waals surface area (Å²) in [7, 11) is -2.10. The molecule has 0 unspecified atom stereocenters. The fourth-order valence-corrected chi connectivity index (χ4v) is 4.60. The Morgan fingerprint density at radius 2 is 1.72 bits per heavy atom. The van der Waals surface area contributed by atoms with Gasteiger partial charge in [0.2, 0.25) is 0 Å². The van der Waals surface area contributed by atoms with Gasteiger partial charge in [-0.15, -0.1) is 0 Å². The number of sulfonamides is 1. The molecule has 126 valence electrons. The minimum atomic E-state index is -3.79. The number of rotatable bonds is 3. The number of amides is 1. The summed E-state index contributed by atoms with van der Waals surface area (Å²) in [6.07, 6.45) is 0. The molecular weight excluding hydrogens is 404 g/mol. The lowest BCUT2D eigenvalue weighted by molar-refractivity contribution is 0.0999. The van der Waals surface area contributed by atoms with Crippen LogP contribution in [0.4, 0.5) is 11.4 Å². The van der Waals surface area contributed by atoms with Gasteiger partial charge in [-0.2, -0.15) is 0 Å². The van der Waals surface area contributed by atoms with Crippen LogP contribution in [0.3, 0.4) is 0 Å². The fraction of sp³-hybridized carbons (Fsp3) is 0.0556. The molecule has 4 rings (SSSR count). The number of halogens is 1. The van der Waals surface area contributed by atoms with E-state index < -0.39 is 10.0 Å². The maximum absolute atomic E-state index is 12.9. The fourth-order valence-electron chi connectivity index (χ4n) is 3.07. The summed E-state index contributed by atoms with van der Waals surface area (Å²) in [5.41, 5.74) is 1.72. The summed E-state index contributed by atoms with van der Waals surface area (Å²) < 4.78 is 29.2. The first kappa shape index (κ1) is 16.1. The molecule has 1 aliphatic rings. The highest BCUT2D eigenvalue weighted by atomic mass is 79.9. The molecule has 0 atom stereocenters. The highest BCUT2D eigenvalue weighted by molar-refractivity contribution is 9.10. The lowest BCUT2D eigenvalue weighted by Gasteiger charge is -2.13. The molecule has 1 aliphatic heterocycles. The van der Waals surface area contributed by atoms with Crippen molar-refractivity contribution in [1.29, 1.82) is 0 Å². The second-order valence-electron chi connectivity index (χ2n) is 5.79. The van der Waals surface area contributed by atoms with Gasteiger partial charge in [0, 0.05) is 33.5 Å². The van der Waals surface area contributed by atoms with E-state index >= 15 is 0 Å². The van der Waals surface area contributed by atoms with E-state index in [2.05, 4.69) is 20.7 Å². The zero-order valence-corrected chi connectivity index (χ0v) is 15.6. The monoisotopic (exact) mass is 416 g/mol. The maximum atomic E-state index is 12.9. The van der Waals surface area contributed by atoms with E-state index in [9.17, 15) is 13.2 Å².